The maximum Gasteiger partial charge on any atom is 0.276 e. The number of nitro groups is 1. The van der Waals surface area contributed by atoms with Crippen LogP contribution in [-0.4, -0.2) is 22.3 Å². The fraction of sp³-hybridized carbons (Fsp3) is 0.136. The maximum absolute atomic E-state index is 12.8. The predicted molar refractivity (Wildman–Crippen MR) is 112 cm³/mol. The number of amides is 1. The van der Waals surface area contributed by atoms with Gasteiger partial charge in [-0.3, -0.25) is 14.9 Å². The van der Waals surface area contributed by atoms with E-state index in [9.17, 15) is 14.9 Å². The van der Waals surface area contributed by atoms with Crippen LogP contribution in [0.4, 0.5) is 5.69 Å². The van der Waals surface area contributed by atoms with Crippen LogP contribution in [0.25, 0.3) is 6.08 Å². The Morgan fingerprint density at radius 2 is 1.79 bits per heavy atom. The van der Waals surface area contributed by atoms with Crippen LogP contribution < -0.4 is 0 Å². The predicted octanol–water partition coefficient (Wildman–Crippen LogP) is 4.94. The molecule has 0 saturated carbocycles. The number of carbonyl (C=O) groups excluding carboxylic acids is 1. The van der Waals surface area contributed by atoms with Gasteiger partial charge < -0.3 is 4.90 Å². The molecule has 1 amide bonds. The van der Waals surface area contributed by atoms with E-state index >= 15 is 0 Å². The molecule has 0 aliphatic rings. The zero-order valence-electron chi connectivity index (χ0n) is 15.2. The molecule has 28 heavy (non-hydrogen) atoms. The summed E-state index contributed by atoms with van der Waals surface area (Å²) < 4.78 is 0. The maximum atomic E-state index is 12.8. The molecule has 1 heterocycles. The minimum atomic E-state index is -0.441. The van der Waals surface area contributed by atoms with Crippen LogP contribution in [0.2, 0.25) is 0 Å². The van der Waals surface area contributed by atoms with Crippen molar-refractivity contribution in [3.63, 3.8) is 0 Å². The molecule has 2 aromatic carbocycles. The average Bonchev–Trinajstić information content (AvgIpc) is 3.23. The Morgan fingerprint density at radius 3 is 2.50 bits per heavy atom. The quantitative estimate of drug-likeness (QED) is 0.310. The molecular weight excluding hydrogens is 372 g/mol. The standard InChI is InChI=1S/C22H20N2O3S/c25-22(13-12-19-9-4-5-11-21(19)24(26)27)23(17-20-10-6-16-28-20)15-14-18-7-2-1-3-8-18/h1-13,16H,14-15,17H2/b13-12+. The molecule has 142 valence electrons. The summed E-state index contributed by atoms with van der Waals surface area (Å²) in [5.74, 6) is -0.164. The van der Waals surface area contributed by atoms with Crippen molar-refractivity contribution in [2.45, 2.75) is 13.0 Å². The Labute approximate surface area is 167 Å². The lowest BCUT2D eigenvalue weighted by atomic mass is 10.1. The van der Waals surface area contributed by atoms with Crippen LogP contribution in [0.15, 0.2) is 78.2 Å². The van der Waals surface area contributed by atoms with Crippen LogP contribution in [0, 0.1) is 10.1 Å². The fourth-order valence-corrected chi connectivity index (χ4v) is 3.55. The first-order chi connectivity index (χ1) is 13.6. The second-order valence-corrected chi connectivity index (χ2v) is 7.26. The van der Waals surface area contributed by atoms with Gasteiger partial charge in [0.15, 0.2) is 0 Å². The Balaban J connectivity index is 1.75. The third-order valence-corrected chi connectivity index (χ3v) is 5.15. The molecule has 0 unspecified atom stereocenters. The molecular formula is C22H20N2O3S. The van der Waals surface area contributed by atoms with Gasteiger partial charge >= 0.3 is 0 Å². The van der Waals surface area contributed by atoms with E-state index in [0.29, 0.717) is 18.7 Å². The summed E-state index contributed by atoms with van der Waals surface area (Å²) in [6, 6.07) is 20.4. The number of hydrogen-bond acceptors (Lipinski definition) is 4. The van der Waals surface area contributed by atoms with Gasteiger partial charge in [0.1, 0.15) is 0 Å². The zero-order valence-corrected chi connectivity index (χ0v) is 16.0. The number of benzene rings is 2. The van der Waals surface area contributed by atoms with Crippen molar-refractivity contribution in [2.24, 2.45) is 0 Å². The van der Waals surface area contributed by atoms with Crippen molar-refractivity contribution >= 4 is 29.0 Å². The minimum Gasteiger partial charge on any atom is -0.334 e. The van der Waals surface area contributed by atoms with Crippen molar-refractivity contribution in [2.75, 3.05) is 6.54 Å². The van der Waals surface area contributed by atoms with Gasteiger partial charge in [0.25, 0.3) is 5.69 Å². The van der Waals surface area contributed by atoms with Gasteiger partial charge in [0.2, 0.25) is 5.91 Å². The van der Waals surface area contributed by atoms with E-state index in [1.165, 1.54) is 18.2 Å². The number of para-hydroxylation sites is 1. The molecule has 5 nitrogen and oxygen atoms in total. The first-order valence-corrected chi connectivity index (χ1v) is 9.78. The van der Waals surface area contributed by atoms with Crippen LogP contribution in [0.1, 0.15) is 16.0 Å². The van der Waals surface area contributed by atoms with E-state index in [4.69, 9.17) is 0 Å². The Hall–Kier alpha value is -3.25. The van der Waals surface area contributed by atoms with Gasteiger partial charge in [-0.2, -0.15) is 0 Å². The number of hydrogen-bond donors (Lipinski definition) is 0. The third-order valence-electron chi connectivity index (χ3n) is 4.29. The smallest absolute Gasteiger partial charge is 0.276 e. The van der Waals surface area contributed by atoms with E-state index in [2.05, 4.69) is 0 Å². The number of nitrogens with zero attached hydrogens (tertiary/aromatic N) is 2. The monoisotopic (exact) mass is 392 g/mol. The topological polar surface area (TPSA) is 63.4 Å². The fourth-order valence-electron chi connectivity index (χ4n) is 2.83. The van der Waals surface area contributed by atoms with Gasteiger partial charge in [0, 0.05) is 23.6 Å². The van der Waals surface area contributed by atoms with Crippen LogP contribution in [0.5, 0.6) is 0 Å². The molecule has 0 aliphatic carbocycles. The summed E-state index contributed by atoms with van der Waals surface area (Å²) in [5.41, 5.74) is 1.56. The van der Waals surface area contributed by atoms with Gasteiger partial charge in [0.05, 0.1) is 17.0 Å². The molecule has 0 atom stereocenters. The second kappa shape index (κ2) is 9.62. The summed E-state index contributed by atoms with van der Waals surface area (Å²) in [6.45, 7) is 1.09. The van der Waals surface area contributed by atoms with E-state index in [-0.39, 0.29) is 11.6 Å². The van der Waals surface area contributed by atoms with E-state index in [1.807, 2.05) is 47.8 Å². The van der Waals surface area contributed by atoms with Gasteiger partial charge in [-0.1, -0.05) is 48.5 Å². The average molecular weight is 392 g/mol. The van der Waals surface area contributed by atoms with Gasteiger partial charge in [-0.25, -0.2) is 0 Å². The van der Waals surface area contributed by atoms with Crippen molar-refractivity contribution < 1.29 is 9.72 Å². The molecule has 3 aromatic rings. The first kappa shape index (κ1) is 19.5. The van der Waals surface area contributed by atoms with Crippen LogP contribution in [0.3, 0.4) is 0 Å². The first-order valence-electron chi connectivity index (χ1n) is 8.90. The second-order valence-electron chi connectivity index (χ2n) is 6.22. The summed E-state index contributed by atoms with van der Waals surface area (Å²) in [5, 5.41) is 13.1. The lowest BCUT2D eigenvalue weighted by molar-refractivity contribution is -0.385. The largest absolute Gasteiger partial charge is 0.334 e. The van der Waals surface area contributed by atoms with E-state index in [1.54, 1.807) is 34.4 Å². The molecule has 0 aliphatic heterocycles. The van der Waals surface area contributed by atoms with Crippen molar-refractivity contribution in [3.05, 3.63) is 104 Å². The number of nitro benzene ring substituents is 1. The molecule has 6 heteroatoms. The van der Waals surface area contributed by atoms with E-state index in [0.717, 1.165) is 16.9 Å². The molecule has 0 bridgehead atoms. The highest BCUT2D eigenvalue weighted by molar-refractivity contribution is 7.09. The summed E-state index contributed by atoms with van der Waals surface area (Å²) in [4.78, 5) is 26.4. The number of thiophene rings is 1. The number of rotatable bonds is 8. The highest BCUT2D eigenvalue weighted by atomic mass is 32.1. The van der Waals surface area contributed by atoms with Crippen molar-refractivity contribution in [1.29, 1.82) is 0 Å². The van der Waals surface area contributed by atoms with Crippen molar-refractivity contribution in [3.8, 4) is 0 Å². The summed E-state index contributed by atoms with van der Waals surface area (Å²) in [7, 11) is 0. The molecule has 3 rings (SSSR count). The SMILES string of the molecule is O=C(/C=C/c1ccccc1[N+](=O)[O-])N(CCc1ccccc1)Cc1cccs1. The minimum absolute atomic E-state index is 0.0133. The Kier molecular flexibility index (Phi) is 6.70. The molecule has 0 N–H and O–H groups in total. The Morgan fingerprint density at radius 1 is 1.04 bits per heavy atom. The van der Waals surface area contributed by atoms with E-state index < -0.39 is 4.92 Å². The lowest BCUT2D eigenvalue weighted by Crippen LogP contribution is -2.30. The molecule has 0 spiro atoms. The number of carbonyl (C=O) groups is 1. The molecule has 1 aromatic heterocycles. The highest BCUT2D eigenvalue weighted by Gasteiger charge is 2.14. The van der Waals surface area contributed by atoms with Crippen LogP contribution in [-0.2, 0) is 17.8 Å². The molecule has 0 radical (unpaired) electrons. The summed E-state index contributed by atoms with van der Waals surface area (Å²) >= 11 is 1.60. The Bertz CT molecular complexity index is 953. The van der Waals surface area contributed by atoms with Gasteiger partial charge in [-0.05, 0) is 35.6 Å². The highest BCUT2D eigenvalue weighted by Crippen LogP contribution is 2.19. The molecule has 0 fully saturated rings. The molecule has 0 saturated heterocycles. The lowest BCUT2D eigenvalue weighted by Gasteiger charge is -2.20. The normalized spacial score (nSPS) is 10.9. The summed E-state index contributed by atoms with van der Waals surface area (Å²) in [6.07, 6.45) is 3.68. The van der Waals surface area contributed by atoms with Gasteiger partial charge in [-0.15, -0.1) is 11.3 Å². The third kappa shape index (κ3) is 5.37. The van der Waals surface area contributed by atoms with Crippen molar-refractivity contribution in [1.82, 2.24) is 4.90 Å². The van der Waals surface area contributed by atoms with Crippen LogP contribution >= 0.6 is 11.3 Å². The zero-order chi connectivity index (χ0) is 19.8.